The van der Waals surface area contributed by atoms with Crippen molar-refractivity contribution < 1.29 is 8.42 Å². The van der Waals surface area contributed by atoms with Crippen molar-refractivity contribution in [2.75, 3.05) is 39.5 Å². The molecule has 7 heteroatoms. The number of sulfonamides is 1. The number of piperidine rings is 1. The molecule has 1 aliphatic heterocycles. The fourth-order valence-corrected chi connectivity index (χ4v) is 4.49. The third-order valence-electron chi connectivity index (χ3n) is 3.79. The summed E-state index contributed by atoms with van der Waals surface area (Å²) < 4.78 is 26.8. The summed E-state index contributed by atoms with van der Waals surface area (Å²) in [5.41, 5.74) is 6.02. The third kappa shape index (κ3) is 3.88. The molecule has 1 aliphatic rings. The summed E-state index contributed by atoms with van der Waals surface area (Å²) >= 11 is 5.83. The van der Waals surface area contributed by atoms with Crippen molar-refractivity contribution in [3.05, 3.63) is 23.2 Å². The predicted molar refractivity (Wildman–Crippen MR) is 85.9 cm³/mol. The van der Waals surface area contributed by atoms with E-state index in [1.54, 1.807) is 6.07 Å². The SMILES string of the molecule is CN(C)CC1CCN(S(=O)(=O)c2ccc(Cl)cc2N)CC1. The number of benzene rings is 1. The highest BCUT2D eigenvalue weighted by atomic mass is 35.5. The maximum absolute atomic E-state index is 12.6. The summed E-state index contributed by atoms with van der Waals surface area (Å²) in [5.74, 6) is 0.550. The van der Waals surface area contributed by atoms with Crippen LogP contribution in [0.1, 0.15) is 12.8 Å². The van der Waals surface area contributed by atoms with Crippen molar-refractivity contribution in [3.63, 3.8) is 0 Å². The monoisotopic (exact) mass is 331 g/mol. The van der Waals surface area contributed by atoms with Gasteiger partial charge in [0.25, 0.3) is 0 Å². The Morgan fingerprint density at radius 1 is 1.33 bits per heavy atom. The van der Waals surface area contributed by atoms with E-state index in [9.17, 15) is 8.42 Å². The summed E-state index contributed by atoms with van der Waals surface area (Å²) in [6.07, 6.45) is 1.76. The van der Waals surface area contributed by atoms with Crippen LogP contribution in [0.15, 0.2) is 23.1 Å². The topological polar surface area (TPSA) is 66.6 Å². The zero-order valence-electron chi connectivity index (χ0n) is 12.4. The lowest BCUT2D eigenvalue weighted by atomic mass is 9.98. The predicted octanol–water partition coefficient (Wildman–Crippen LogP) is 1.88. The van der Waals surface area contributed by atoms with E-state index in [-0.39, 0.29) is 10.6 Å². The summed E-state index contributed by atoms with van der Waals surface area (Å²) in [4.78, 5) is 2.30. The van der Waals surface area contributed by atoms with Crippen molar-refractivity contribution in [1.29, 1.82) is 0 Å². The minimum Gasteiger partial charge on any atom is -0.398 e. The number of nitrogens with two attached hydrogens (primary N) is 1. The molecule has 1 saturated heterocycles. The van der Waals surface area contributed by atoms with Gasteiger partial charge in [-0.05, 0) is 51.1 Å². The summed E-state index contributed by atoms with van der Waals surface area (Å²) in [7, 11) is 0.553. The number of hydrogen-bond acceptors (Lipinski definition) is 4. The van der Waals surface area contributed by atoms with Gasteiger partial charge in [0.05, 0.1) is 5.69 Å². The van der Waals surface area contributed by atoms with Crippen molar-refractivity contribution in [1.82, 2.24) is 9.21 Å². The molecule has 0 amide bonds. The fraction of sp³-hybridized carbons (Fsp3) is 0.571. The molecular formula is C14H22ClN3O2S. The van der Waals surface area contributed by atoms with Crippen LogP contribution in [0.25, 0.3) is 0 Å². The number of nitrogens with zero attached hydrogens (tertiary/aromatic N) is 2. The number of halogens is 1. The van der Waals surface area contributed by atoms with E-state index in [4.69, 9.17) is 17.3 Å². The Morgan fingerprint density at radius 2 is 1.95 bits per heavy atom. The molecule has 2 N–H and O–H groups in total. The van der Waals surface area contributed by atoms with Crippen molar-refractivity contribution in [2.45, 2.75) is 17.7 Å². The number of anilines is 1. The Hall–Kier alpha value is -0.820. The second-order valence-corrected chi connectivity index (χ2v) is 8.13. The van der Waals surface area contributed by atoms with E-state index in [1.165, 1.54) is 16.4 Å². The Balaban J connectivity index is 2.11. The van der Waals surface area contributed by atoms with E-state index in [0.717, 1.165) is 19.4 Å². The first kappa shape index (κ1) is 16.5. The van der Waals surface area contributed by atoms with Crippen LogP contribution in [0.2, 0.25) is 5.02 Å². The minimum atomic E-state index is -3.53. The van der Waals surface area contributed by atoms with Gasteiger partial charge in [0.2, 0.25) is 10.0 Å². The lowest BCUT2D eigenvalue weighted by Gasteiger charge is -2.32. The highest BCUT2D eigenvalue weighted by Gasteiger charge is 2.30. The second kappa shape index (κ2) is 6.52. The van der Waals surface area contributed by atoms with E-state index in [0.29, 0.717) is 24.0 Å². The van der Waals surface area contributed by atoms with Gasteiger partial charge in [-0.1, -0.05) is 11.6 Å². The minimum absolute atomic E-state index is 0.151. The molecule has 0 radical (unpaired) electrons. The number of nitrogen functional groups attached to an aromatic ring is 1. The molecule has 0 unspecified atom stereocenters. The van der Waals surface area contributed by atoms with Gasteiger partial charge in [0.1, 0.15) is 4.90 Å². The maximum atomic E-state index is 12.6. The van der Waals surface area contributed by atoms with E-state index >= 15 is 0 Å². The molecule has 5 nitrogen and oxygen atoms in total. The molecule has 0 aromatic heterocycles. The first-order valence-corrected chi connectivity index (χ1v) is 8.82. The van der Waals surface area contributed by atoms with Crippen LogP contribution in [-0.4, -0.2) is 51.4 Å². The maximum Gasteiger partial charge on any atom is 0.245 e. The fourth-order valence-electron chi connectivity index (χ4n) is 2.74. The molecule has 21 heavy (non-hydrogen) atoms. The van der Waals surface area contributed by atoms with Gasteiger partial charge in [-0.15, -0.1) is 0 Å². The van der Waals surface area contributed by atoms with Gasteiger partial charge in [0, 0.05) is 24.7 Å². The molecule has 0 spiro atoms. The molecule has 1 heterocycles. The van der Waals surface area contributed by atoms with E-state index in [1.807, 2.05) is 14.1 Å². The van der Waals surface area contributed by atoms with Crippen LogP contribution < -0.4 is 5.73 Å². The highest BCUT2D eigenvalue weighted by molar-refractivity contribution is 7.89. The smallest absolute Gasteiger partial charge is 0.245 e. The van der Waals surface area contributed by atoms with E-state index in [2.05, 4.69) is 4.90 Å². The molecule has 1 aromatic rings. The Labute approximate surface area is 131 Å². The highest BCUT2D eigenvalue weighted by Crippen LogP contribution is 2.28. The summed E-state index contributed by atoms with van der Waals surface area (Å²) in [5, 5.41) is 0.441. The third-order valence-corrected chi connectivity index (χ3v) is 5.99. The molecule has 0 aliphatic carbocycles. The quantitative estimate of drug-likeness (QED) is 0.855. The molecule has 0 bridgehead atoms. The lowest BCUT2D eigenvalue weighted by molar-refractivity contribution is 0.225. The van der Waals surface area contributed by atoms with Gasteiger partial charge >= 0.3 is 0 Å². The molecule has 1 aromatic carbocycles. The number of hydrogen-bond donors (Lipinski definition) is 1. The van der Waals surface area contributed by atoms with Crippen LogP contribution in [0, 0.1) is 5.92 Å². The Bertz CT molecular complexity index is 596. The molecule has 2 rings (SSSR count). The molecular weight excluding hydrogens is 310 g/mol. The standard InChI is InChI=1S/C14H22ClN3O2S/c1-17(2)10-11-5-7-18(8-6-11)21(19,20)14-4-3-12(15)9-13(14)16/h3-4,9,11H,5-8,10,16H2,1-2H3. The first-order valence-electron chi connectivity index (χ1n) is 7.00. The lowest BCUT2D eigenvalue weighted by Crippen LogP contribution is -2.40. The number of rotatable bonds is 4. The molecule has 118 valence electrons. The molecule has 1 fully saturated rings. The van der Waals surface area contributed by atoms with E-state index < -0.39 is 10.0 Å². The van der Waals surface area contributed by atoms with Crippen LogP contribution >= 0.6 is 11.6 Å². The zero-order valence-corrected chi connectivity index (χ0v) is 14.0. The van der Waals surface area contributed by atoms with Crippen molar-refractivity contribution >= 4 is 27.3 Å². The first-order chi connectivity index (χ1) is 9.80. The molecule has 0 atom stereocenters. The van der Waals surface area contributed by atoms with Crippen LogP contribution in [0.4, 0.5) is 5.69 Å². The normalized spacial score (nSPS) is 18.3. The van der Waals surface area contributed by atoms with Crippen LogP contribution in [0.5, 0.6) is 0 Å². The van der Waals surface area contributed by atoms with Crippen LogP contribution in [-0.2, 0) is 10.0 Å². The van der Waals surface area contributed by atoms with Crippen LogP contribution in [0.3, 0.4) is 0 Å². The zero-order chi connectivity index (χ0) is 15.6. The average molecular weight is 332 g/mol. The van der Waals surface area contributed by atoms with Crippen molar-refractivity contribution in [3.8, 4) is 0 Å². The van der Waals surface area contributed by atoms with Gasteiger partial charge in [-0.2, -0.15) is 4.31 Å². The Kier molecular flexibility index (Phi) is 5.14. The second-order valence-electron chi connectivity index (χ2n) is 5.79. The van der Waals surface area contributed by atoms with Gasteiger partial charge in [-0.3, -0.25) is 0 Å². The van der Waals surface area contributed by atoms with Gasteiger partial charge in [-0.25, -0.2) is 8.42 Å². The summed E-state index contributed by atoms with van der Waals surface area (Å²) in [6.45, 7) is 2.09. The summed E-state index contributed by atoms with van der Waals surface area (Å²) in [6, 6.07) is 4.52. The van der Waals surface area contributed by atoms with Gasteiger partial charge in [0.15, 0.2) is 0 Å². The van der Waals surface area contributed by atoms with Gasteiger partial charge < -0.3 is 10.6 Å². The average Bonchev–Trinajstić information content (AvgIpc) is 2.38. The largest absolute Gasteiger partial charge is 0.398 e. The Morgan fingerprint density at radius 3 is 2.48 bits per heavy atom. The van der Waals surface area contributed by atoms with Crippen molar-refractivity contribution in [2.24, 2.45) is 5.92 Å². The molecule has 0 saturated carbocycles.